The summed E-state index contributed by atoms with van der Waals surface area (Å²) in [6, 6.07) is 0.662. The molecule has 0 aliphatic carbocycles. The Morgan fingerprint density at radius 3 is 2.64 bits per heavy atom. The molecule has 2 heterocycles. The fourth-order valence-electron chi connectivity index (χ4n) is 1.96. The van der Waals surface area contributed by atoms with Gasteiger partial charge in [-0.2, -0.15) is 0 Å². The number of nitrogens with zero attached hydrogens (tertiary/aromatic N) is 2. The van der Waals surface area contributed by atoms with Gasteiger partial charge in [-0.3, -0.25) is 5.41 Å². The first-order valence-corrected chi connectivity index (χ1v) is 4.30. The Morgan fingerprint density at radius 1 is 1.45 bits per heavy atom. The van der Waals surface area contributed by atoms with Crippen molar-refractivity contribution in [3.63, 3.8) is 0 Å². The van der Waals surface area contributed by atoms with Crippen LogP contribution in [0.5, 0.6) is 0 Å². The molecule has 2 saturated heterocycles. The Labute approximate surface area is 67.5 Å². The normalized spacial score (nSPS) is 27.7. The van der Waals surface area contributed by atoms with E-state index >= 15 is 0 Å². The van der Waals surface area contributed by atoms with Crippen molar-refractivity contribution in [2.24, 2.45) is 0 Å². The summed E-state index contributed by atoms with van der Waals surface area (Å²) in [5.41, 5.74) is 0. The van der Waals surface area contributed by atoms with Crippen LogP contribution in [0.4, 0.5) is 0 Å². The molecule has 11 heavy (non-hydrogen) atoms. The van der Waals surface area contributed by atoms with E-state index in [9.17, 15) is 0 Å². The van der Waals surface area contributed by atoms with Gasteiger partial charge < -0.3 is 9.80 Å². The van der Waals surface area contributed by atoms with Crippen molar-refractivity contribution < 1.29 is 0 Å². The molecule has 1 N–H and O–H groups in total. The molecule has 0 aromatic heterocycles. The molecule has 2 rings (SSSR count). The predicted molar refractivity (Wildman–Crippen MR) is 45.0 cm³/mol. The molecule has 0 radical (unpaired) electrons. The number of hydrogen-bond acceptors (Lipinski definition) is 2. The lowest BCUT2D eigenvalue weighted by Gasteiger charge is -2.42. The van der Waals surface area contributed by atoms with Crippen LogP contribution < -0.4 is 0 Å². The SMILES string of the molecule is CN1CC(N2CCCC2=N)C1. The molecule has 0 bridgehead atoms. The topological polar surface area (TPSA) is 30.3 Å². The quantitative estimate of drug-likeness (QED) is 0.590. The number of hydrogen-bond donors (Lipinski definition) is 1. The molecule has 3 nitrogen and oxygen atoms in total. The zero-order valence-corrected chi connectivity index (χ0v) is 7.01. The van der Waals surface area contributed by atoms with E-state index in [0.29, 0.717) is 6.04 Å². The first kappa shape index (κ1) is 7.10. The summed E-state index contributed by atoms with van der Waals surface area (Å²) in [6.07, 6.45) is 2.19. The lowest BCUT2D eigenvalue weighted by Crippen LogP contribution is -2.57. The Kier molecular flexibility index (Phi) is 1.60. The third-order valence-electron chi connectivity index (χ3n) is 2.64. The Hall–Kier alpha value is -0.570. The van der Waals surface area contributed by atoms with Crippen LogP contribution in [0.15, 0.2) is 0 Å². The largest absolute Gasteiger partial charge is 0.355 e. The van der Waals surface area contributed by atoms with Crippen LogP contribution >= 0.6 is 0 Å². The van der Waals surface area contributed by atoms with Gasteiger partial charge in [0.15, 0.2) is 0 Å². The van der Waals surface area contributed by atoms with Crippen molar-refractivity contribution >= 4 is 5.84 Å². The maximum atomic E-state index is 7.65. The molecule has 0 saturated carbocycles. The van der Waals surface area contributed by atoms with Gasteiger partial charge in [0.2, 0.25) is 0 Å². The Bertz CT molecular complexity index is 172. The molecule has 0 amide bonds. The van der Waals surface area contributed by atoms with E-state index in [4.69, 9.17) is 5.41 Å². The van der Waals surface area contributed by atoms with E-state index in [0.717, 1.165) is 31.9 Å². The van der Waals surface area contributed by atoms with Crippen molar-refractivity contribution in [1.29, 1.82) is 5.41 Å². The maximum Gasteiger partial charge on any atom is 0.0961 e. The minimum atomic E-state index is 0.662. The van der Waals surface area contributed by atoms with Crippen LogP contribution in [0, 0.1) is 5.41 Å². The second kappa shape index (κ2) is 2.48. The summed E-state index contributed by atoms with van der Waals surface area (Å²) in [6.45, 7) is 3.43. The second-order valence-electron chi connectivity index (χ2n) is 3.62. The number of rotatable bonds is 1. The minimum Gasteiger partial charge on any atom is -0.355 e. The molecule has 0 unspecified atom stereocenters. The Morgan fingerprint density at radius 2 is 2.18 bits per heavy atom. The number of likely N-dealkylation sites (tertiary alicyclic amines) is 2. The third-order valence-corrected chi connectivity index (χ3v) is 2.64. The van der Waals surface area contributed by atoms with Crippen molar-refractivity contribution in [3.8, 4) is 0 Å². The Balaban J connectivity index is 1.90. The van der Waals surface area contributed by atoms with Crippen LogP contribution in [0.1, 0.15) is 12.8 Å². The summed E-state index contributed by atoms with van der Waals surface area (Å²) in [5.74, 6) is 0.864. The summed E-state index contributed by atoms with van der Waals surface area (Å²) in [5, 5.41) is 7.65. The van der Waals surface area contributed by atoms with Crippen molar-refractivity contribution in [3.05, 3.63) is 0 Å². The standard InChI is InChI=1S/C8H15N3/c1-10-5-7(6-10)11-4-2-3-8(11)9/h7,9H,2-6H2,1H3. The van der Waals surface area contributed by atoms with Crippen molar-refractivity contribution in [1.82, 2.24) is 9.80 Å². The molecule has 0 spiro atoms. The van der Waals surface area contributed by atoms with Gasteiger partial charge in [0.05, 0.1) is 11.9 Å². The molecular formula is C8H15N3. The summed E-state index contributed by atoms with van der Waals surface area (Å²) < 4.78 is 0. The second-order valence-corrected chi connectivity index (χ2v) is 3.62. The first-order chi connectivity index (χ1) is 5.27. The minimum absolute atomic E-state index is 0.662. The van der Waals surface area contributed by atoms with Gasteiger partial charge in [0, 0.05) is 26.1 Å². The predicted octanol–water partition coefficient (Wildman–Crippen LogP) is 0.373. The summed E-state index contributed by atoms with van der Waals surface area (Å²) >= 11 is 0. The molecule has 62 valence electrons. The van der Waals surface area contributed by atoms with E-state index in [1.54, 1.807) is 0 Å². The fraction of sp³-hybridized carbons (Fsp3) is 0.875. The van der Waals surface area contributed by atoms with E-state index in [1.807, 2.05) is 0 Å². The monoisotopic (exact) mass is 153 g/mol. The zero-order valence-electron chi connectivity index (χ0n) is 7.01. The van der Waals surface area contributed by atoms with Gasteiger partial charge in [-0.25, -0.2) is 0 Å². The van der Waals surface area contributed by atoms with Crippen LogP contribution in [0.2, 0.25) is 0 Å². The highest BCUT2D eigenvalue weighted by atomic mass is 15.3. The average molecular weight is 153 g/mol. The van der Waals surface area contributed by atoms with Crippen LogP contribution in [-0.4, -0.2) is 48.4 Å². The number of likely N-dealkylation sites (N-methyl/N-ethyl adjacent to an activating group) is 1. The van der Waals surface area contributed by atoms with Gasteiger partial charge in [0.1, 0.15) is 0 Å². The summed E-state index contributed by atoms with van der Waals surface area (Å²) in [4.78, 5) is 4.57. The average Bonchev–Trinajstić information content (AvgIpc) is 2.29. The zero-order chi connectivity index (χ0) is 7.84. The first-order valence-electron chi connectivity index (χ1n) is 4.30. The summed E-state index contributed by atoms with van der Waals surface area (Å²) in [7, 11) is 2.14. The maximum absolute atomic E-state index is 7.65. The molecule has 3 heteroatoms. The lowest BCUT2D eigenvalue weighted by atomic mass is 10.1. The van der Waals surface area contributed by atoms with Crippen LogP contribution in [-0.2, 0) is 0 Å². The van der Waals surface area contributed by atoms with Crippen molar-refractivity contribution in [2.75, 3.05) is 26.7 Å². The third kappa shape index (κ3) is 1.13. The molecule has 0 atom stereocenters. The van der Waals surface area contributed by atoms with Crippen LogP contribution in [0.25, 0.3) is 0 Å². The van der Waals surface area contributed by atoms with Crippen molar-refractivity contribution in [2.45, 2.75) is 18.9 Å². The molecule has 0 aromatic rings. The van der Waals surface area contributed by atoms with Gasteiger partial charge in [-0.15, -0.1) is 0 Å². The highest BCUT2D eigenvalue weighted by Crippen LogP contribution is 2.19. The molecule has 2 aliphatic heterocycles. The van der Waals surface area contributed by atoms with Gasteiger partial charge in [-0.05, 0) is 13.5 Å². The van der Waals surface area contributed by atoms with E-state index in [-0.39, 0.29) is 0 Å². The van der Waals surface area contributed by atoms with Gasteiger partial charge in [-0.1, -0.05) is 0 Å². The number of nitrogens with one attached hydrogen (secondary N) is 1. The molecule has 2 fully saturated rings. The van der Waals surface area contributed by atoms with Gasteiger partial charge >= 0.3 is 0 Å². The van der Waals surface area contributed by atoms with Crippen LogP contribution in [0.3, 0.4) is 0 Å². The van der Waals surface area contributed by atoms with E-state index < -0.39 is 0 Å². The van der Waals surface area contributed by atoms with E-state index in [2.05, 4.69) is 16.8 Å². The number of amidine groups is 1. The molecular weight excluding hydrogens is 138 g/mol. The highest BCUT2D eigenvalue weighted by molar-refractivity contribution is 5.81. The molecule has 0 aromatic carbocycles. The van der Waals surface area contributed by atoms with E-state index in [1.165, 1.54) is 6.42 Å². The molecule has 2 aliphatic rings. The fourth-order valence-corrected chi connectivity index (χ4v) is 1.96. The highest BCUT2D eigenvalue weighted by Gasteiger charge is 2.32. The van der Waals surface area contributed by atoms with Gasteiger partial charge in [0.25, 0.3) is 0 Å². The smallest absolute Gasteiger partial charge is 0.0961 e. The lowest BCUT2D eigenvalue weighted by molar-refractivity contribution is 0.104.